The van der Waals surface area contributed by atoms with Crippen molar-refractivity contribution in [3.63, 3.8) is 0 Å². The van der Waals surface area contributed by atoms with Crippen molar-refractivity contribution in [2.24, 2.45) is 0 Å². The van der Waals surface area contributed by atoms with Gasteiger partial charge in [0.15, 0.2) is 0 Å². The number of rotatable bonds is 6. The van der Waals surface area contributed by atoms with Crippen LogP contribution in [0.3, 0.4) is 0 Å². The van der Waals surface area contributed by atoms with Crippen molar-refractivity contribution in [1.82, 2.24) is 10.6 Å². The van der Waals surface area contributed by atoms with Gasteiger partial charge in [0.2, 0.25) is 11.8 Å². The van der Waals surface area contributed by atoms with Crippen LogP contribution in [-0.2, 0) is 16.1 Å². The van der Waals surface area contributed by atoms with Crippen LogP contribution >= 0.6 is 0 Å². The van der Waals surface area contributed by atoms with Gasteiger partial charge in [-0.05, 0) is 23.8 Å². The molecule has 2 aromatic carbocycles. The molecular weight excluding hydrogens is 320 g/mol. The molecule has 0 bridgehead atoms. The summed E-state index contributed by atoms with van der Waals surface area (Å²) in [4.78, 5) is 24.2. The molecule has 130 valence electrons. The van der Waals surface area contributed by atoms with E-state index in [1.54, 1.807) is 7.11 Å². The highest BCUT2D eigenvalue weighted by Gasteiger charge is 2.29. The molecule has 2 N–H and O–H groups in total. The molecule has 25 heavy (non-hydrogen) atoms. The molecule has 6 heteroatoms. The van der Waals surface area contributed by atoms with Gasteiger partial charge in [0.1, 0.15) is 24.0 Å². The number of carbonyl (C=O) groups excluding carboxylic acids is 2. The van der Waals surface area contributed by atoms with Gasteiger partial charge in [-0.1, -0.05) is 30.3 Å². The predicted octanol–water partition coefficient (Wildman–Crippen LogP) is 1.60. The molecule has 0 aliphatic carbocycles. The highest BCUT2D eigenvalue weighted by Crippen LogP contribution is 2.33. The van der Waals surface area contributed by atoms with E-state index in [0.717, 1.165) is 22.6 Å². The Bertz CT molecular complexity index is 758. The van der Waals surface area contributed by atoms with Crippen LogP contribution < -0.4 is 20.1 Å². The Morgan fingerprint density at radius 1 is 1.12 bits per heavy atom. The van der Waals surface area contributed by atoms with Gasteiger partial charge in [-0.3, -0.25) is 9.59 Å². The maximum absolute atomic E-state index is 12.3. The predicted molar refractivity (Wildman–Crippen MR) is 92.5 cm³/mol. The molecule has 3 rings (SSSR count). The van der Waals surface area contributed by atoms with Gasteiger partial charge in [-0.25, -0.2) is 0 Å². The molecule has 0 fully saturated rings. The van der Waals surface area contributed by atoms with Gasteiger partial charge in [-0.2, -0.15) is 0 Å². The third-order valence-corrected chi connectivity index (χ3v) is 4.09. The van der Waals surface area contributed by atoms with Crippen molar-refractivity contribution in [3.8, 4) is 11.5 Å². The van der Waals surface area contributed by atoms with Gasteiger partial charge in [0.05, 0.1) is 13.7 Å². The molecule has 0 saturated carbocycles. The van der Waals surface area contributed by atoms with Crippen LogP contribution in [0.4, 0.5) is 0 Å². The van der Waals surface area contributed by atoms with E-state index in [-0.39, 0.29) is 24.3 Å². The molecule has 1 atom stereocenters. The number of fused-ring (bicyclic) bond motifs is 1. The lowest BCUT2D eigenvalue weighted by Gasteiger charge is -2.11. The number of para-hydroxylation sites is 1. The molecule has 1 aliphatic rings. The van der Waals surface area contributed by atoms with Gasteiger partial charge in [-0.15, -0.1) is 0 Å². The van der Waals surface area contributed by atoms with Crippen LogP contribution in [0, 0.1) is 0 Å². The van der Waals surface area contributed by atoms with Crippen LogP contribution in [-0.4, -0.2) is 32.1 Å². The number of nitrogens with one attached hydrogen (secondary N) is 2. The Kier molecular flexibility index (Phi) is 5.18. The lowest BCUT2D eigenvalue weighted by molar-refractivity contribution is -0.127. The SMILES string of the molecule is COc1ccc(CNC(=O)CNC(=O)[C@@H]2COc3ccccc32)cc1. The Hall–Kier alpha value is -3.02. The Morgan fingerprint density at radius 3 is 2.64 bits per heavy atom. The van der Waals surface area contributed by atoms with Gasteiger partial charge in [0.25, 0.3) is 0 Å². The topological polar surface area (TPSA) is 76.7 Å². The molecule has 1 aliphatic heterocycles. The number of methoxy groups -OCH3 is 1. The van der Waals surface area contributed by atoms with E-state index in [9.17, 15) is 9.59 Å². The Balaban J connectivity index is 1.45. The summed E-state index contributed by atoms with van der Waals surface area (Å²) >= 11 is 0. The third-order valence-electron chi connectivity index (χ3n) is 4.09. The smallest absolute Gasteiger partial charge is 0.239 e. The molecule has 0 spiro atoms. The summed E-state index contributed by atoms with van der Waals surface area (Å²) in [6.45, 7) is 0.639. The van der Waals surface area contributed by atoms with E-state index in [0.29, 0.717) is 13.2 Å². The van der Waals surface area contributed by atoms with Crippen LogP contribution in [0.2, 0.25) is 0 Å². The molecule has 2 aromatic rings. The minimum Gasteiger partial charge on any atom is -0.497 e. The molecule has 6 nitrogen and oxygen atoms in total. The largest absolute Gasteiger partial charge is 0.497 e. The van der Waals surface area contributed by atoms with E-state index in [1.807, 2.05) is 48.5 Å². The van der Waals surface area contributed by atoms with E-state index in [4.69, 9.17) is 9.47 Å². The first-order valence-electron chi connectivity index (χ1n) is 8.06. The zero-order valence-electron chi connectivity index (χ0n) is 14.0. The van der Waals surface area contributed by atoms with E-state index in [1.165, 1.54) is 0 Å². The monoisotopic (exact) mass is 340 g/mol. The number of ether oxygens (including phenoxy) is 2. The Labute approximate surface area is 146 Å². The molecule has 1 heterocycles. The van der Waals surface area contributed by atoms with E-state index in [2.05, 4.69) is 10.6 Å². The van der Waals surface area contributed by atoms with E-state index < -0.39 is 0 Å². The second-order valence-corrected chi connectivity index (χ2v) is 5.74. The normalized spacial score (nSPS) is 15.0. The summed E-state index contributed by atoms with van der Waals surface area (Å²) in [6.07, 6.45) is 0. The second-order valence-electron chi connectivity index (χ2n) is 5.74. The van der Waals surface area contributed by atoms with Gasteiger partial charge < -0.3 is 20.1 Å². The average Bonchev–Trinajstić information content (AvgIpc) is 3.09. The fraction of sp³-hybridized carbons (Fsp3) is 0.263. The summed E-state index contributed by atoms with van der Waals surface area (Å²) in [6, 6.07) is 14.9. The summed E-state index contributed by atoms with van der Waals surface area (Å²) in [5.74, 6) is 0.680. The molecular formula is C19H20N2O4. The first-order chi connectivity index (χ1) is 12.2. The van der Waals surface area contributed by atoms with Crippen LogP contribution in [0.1, 0.15) is 17.0 Å². The lowest BCUT2D eigenvalue weighted by Crippen LogP contribution is -2.39. The van der Waals surface area contributed by atoms with Crippen LogP contribution in [0.25, 0.3) is 0 Å². The molecule has 2 amide bonds. The van der Waals surface area contributed by atoms with E-state index >= 15 is 0 Å². The maximum Gasteiger partial charge on any atom is 0.239 e. The number of hydrogen-bond donors (Lipinski definition) is 2. The summed E-state index contributed by atoms with van der Waals surface area (Å²) in [7, 11) is 1.60. The van der Waals surface area contributed by atoms with Crippen molar-refractivity contribution < 1.29 is 19.1 Å². The number of benzene rings is 2. The minimum atomic E-state index is -0.370. The fourth-order valence-electron chi connectivity index (χ4n) is 2.68. The quantitative estimate of drug-likeness (QED) is 0.837. The van der Waals surface area contributed by atoms with Crippen molar-refractivity contribution in [3.05, 3.63) is 59.7 Å². The Morgan fingerprint density at radius 2 is 1.88 bits per heavy atom. The molecule has 0 unspecified atom stereocenters. The van der Waals surface area contributed by atoms with Gasteiger partial charge >= 0.3 is 0 Å². The summed E-state index contributed by atoms with van der Waals surface area (Å²) in [5, 5.41) is 5.44. The van der Waals surface area contributed by atoms with Gasteiger partial charge in [0, 0.05) is 12.1 Å². The zero-order valence-corrected chi connectivity index (χ0v) is 14.0. The molecule has 0 aromatic heterocycles. The number of amides is 2. The van der Waals surface area contributed by atoms with Crippen LogP contribution in [0.5, 0.6) is 11.5 Å². The number of carbonyl (C=O) groups is 2. The first-order valence-corrected chi connectivity index (χ1v) is 8.06. The standard InChI is InChI=1S/C19H20N2O4/c1-24-14-8-6-13(7-9-14)10-20-18(22)11-21-19(23)16-12-25-17-5-3-2-4-15(16)17/h2-9,16H,10-12H2,1H3,(H,20,22)(H,21,23)/t16-/m1/s1. The van der Waals surface area contributed by atoms with Crippen LogP contribution in [0.15, 0.2) is 48.5 Å². The summed E-state index contributed by atoms with van der Waals surface area (Å²) in [5.41, 5.74) is 1.82. The highest BCUT2D eigenvalue weighted by molar-refractivity contribution is 5.89. The first kappa shape index (κ1) is 16.8. The summed E-state index contributed by atoms with van der Waals surface area (Å²) < 4.78 is 10.6. The maximum atomic E-state index is 12.3. The lowest BCUT2D eigenvalue weighted by atomic mass is 10.0. The minimum absolute atomic E-state index is 0.0619. The van der Waals surface area contributed by atoms with Crippen molar-refractivity contribution in [2.45, 2.75) is 12.5 Å². The molecule has 0 radical (unpaired) electrons. The van der Waals surface area contributed by atoms with Crippen molar-refractivity contribution in [2.75, 3.05) is 20.3 Å². The number of hydrogen-bond acceptors (Lipinski definition) is 4. The van der Waals surface area contributed by atoms with Crippen molar-refractivity contribution in [1.29, 1.82) is 0 Å². The second kappa shape index (κ2) is 7.70. The molecule has 0 saturated heterocycles. The zero-order chi connectivity index (χ0) is 17.6. The average molecular weight is 340 g/mol. The van der Waals surface area contributed by atoms with Crippen molar-refractivity contribution >= 4 is 11.8 Å². The third kappa shape index (κ3) is 4.09. The fourth-order valence-corrected chi connectivity index (χ4v) is 2.68. The highest BCUT2D eigenvalue weighted by atomic mass is 16.5.